The minimum absolute atomic E-state index is 0.0215. The summed E-state index contributed by atoms with van der Waals surface area (Å²) in [7, 11) is -2.98. The third-order valence-electron chi connectivity index (χ3n) is 2.07. The Labute approximate surface area is 91.0 Å². The van der Waals surface area contributed by atoms with Crippen LogP contribution in [0.2, 0.25) is 0 Å². The Kier molecular flexibility index (Phi) is 3.37. The second-order valence-corrected chi connectivity index (χ2v) is 7.43. The summed E-state index contributed by atoms with van der Waals surface area (Å²) < 4.78 is 11.2. The molecule has 0 aliphatic carbocycles. The van der Waals surface area contributed by atoms with Crippen molar-refractivity contribution in [3.05, 3.63) is 29.6 Å². The zero-order chi connectivity index (χ0) is 11.7. The Balaban J connectivity index is 2.87. The summed E-state index contributed by atoms with van der Waals surface area (Å²) in [5, 5.41) is 0. The fraction of sp³-hybridized carbons (Fsp3) is 0.545. The predicted octanol–water partition coefficient (Wildman–Crippen LogP) is 2.78. The van der Waals surface area contributed by atoms with Gasteiger partial charge in [-0.3, -0.25) is 9.55 Å². The van der Waals surface area contributed by atoms with Crippen LogP contribution in [0.1, 0.15) is 32.0 Å². The Morgan fingerprint density at radius 1 is 1.40 bits per heavy atom. The topological polar surface area (TPSA) is 50.2 Å². The Hall–Kier alpha value is -0.660. The highest BCUT2D eigenvalue weighted by molar-refractivity contribution is 7.56. The van der Waals surface area contributed by atoms with Crippen molar-refractivity contribution in [3.63, 3.8) is 0 Å². The smallest absolute Gasteiger partial charge is 0.201 e. The Morgan fingerprint density at radius 3 is 2.33 bits per heavy atom. The van der Waals surface area contributed by atoms with Crippen molar-refractivity contribution >= 4 is 7.37 Å². The minimum atomic E-state index is -2.98. The molecule has 1 unspecified atom stereocenters. The van der Waals surface area contributed by atoms with Crippen molar-refractivity contribution in [2.75, 3.05) is 6.66 Å². The maximum atomic E-state index is 11.2. The fourth-order valence-electron chi connectivity index (χ4n) is 1.30. The van der Waals surface area contributed by atoms with Crippen LogP contribution in [0.5, 0.6) is 0 Å². The van der Waals surface area contributed by atoms with E-state index in [-0.39, 0.29) is 11.6 Å². The molecule has 1 rings (SSSR count). The van der Waals surface area contributed by atoms with E-state index in [1.165, 1.54) is 6.66 Å². The van der Waals surface area contributed by atoms with Gasteiger partial charge in [-0.05, 0) is 11.6 Å². The van der Waals surface area contributed by atoms with Gasteiger partial charge < -0.3 is 4.89 Å². The van der Waals surface area contributed by atoms with Gasteiger partial charge in [-0.15, -0.1) is 0 Å². The Morgan fingerprint density at radius 2 is 2.00 bits per heavy atom. The SMILES string of the molecule is CC(C)(C)c1ccc(CP(C)(=O)O)cn1. The van der Waals surface area contributed by atoms with Gasteiger partial charge in [-0.25, -0.2) is 0 Å². The molecule has 0 radical (unpaired) electrons. The van der Waals surface area contributed by atoms with Crippen molar-refractivity contribution in [3.8, 4) is 0 Å². The first-order chi connectivity index (χ1) is 6.68. The molecule has 1 heterocycles. The molecule has 1 aromatic heterocycles. The number of hydrogen-bond acceptors (Lipinski definition) is 2. The molecule has 15 heavy (non-hydrogen) atoms. The van der Waals surface area contributed by atoms with Crippen LogP contribution in [-0.2, 0) is 16.1 Å². The lowest BCUT2D eigenvalue weighted by Crippen LogP contribution is -2.13. The summed E-state index contributed by atoms with van der Waals surface area (Å²) in [6.45, 7) is 7.63. The number of nitrogens with zero attached hydrogens (tertiary/aromatic N) is 1. The highest BCUT2D eigenvalue weighted by Crippen LogP contribution is 2.39. The third kappa shape index (κ3) is 4.15. The molecule has 3 nitrogen and oxygen atoms in total. The van der Waals surface area contributed by atoms with Gasteiger partial charge in [-0.2, -0.15) is 0 Å². The average Bonchev–Trinajstić information content (AvgIpc) is 2.00. The molecule has 0 spiro atoms. The summed E-state index contributed by atoms with van der Waals surface area (Å²) in [5.74, 6) is 0. The maximum Gasteiger partial charge on any atom is 0.201 e. The van der Waals surface area contributed by atoms with Crippen molar-refractivity contribution in [1.29, 1.82) is 0 Å². The molecule has 0 bridgehead atoms. The fourth-order valence-corrected chi connectivity index (χ4v) is 2.17. The maximum absolute atomic E-state index is 11.2. The first-order valence-corrected chi connectivity index (χ1v) is 7.22. The first kappa shape index (κ1) is 12.4. The molecule has 0 aromatic carbocycles. The van der Waals surface area contributed by atoms with Gasteiger partial charge in [0.2, 0.25) is 7.37 Å². The van der Waals surface area contributed by atoms with Crippen molar-refractivity contribution < 1.29 is 9.46 Å². The van der Waals surface area contributed by atoms with E-state index in [1.54, 1.807) is 6.20 Å². The van der Waals surface area contributed by atoms with Gasteiger partial charge in [0.05, 0.1) is 6.16 Å². The van der Waals surface area contributed by atoms with Crippen LogP contribution in [0.25, 0.3) is 0 Å². The highest BCUT2D eigenvalue weighted by atomic mass is 31.2. The third-order valence-corrected chi connectivity index (χ3v) is 3.02. The van der Waals surface area contributed by atoms with E-state index in [4.69, 9.17) is 0 Å². The molecule has 0 fully saturated rings. The van der Waals surface area contributed by atoms with E-state index in [9.17, 15) is 9.46 Å². The average molecular weight is 227 g/mol. The van der Waals surface area contributed by atoms with E-state index < -0.39 is 7.37 Å². The molecule has 0 amide bonds. The Bertz CT molecular complexity index is 373. The van der Waals surface area contributed by atoms with Crippen LogP contribution >= 0.6 is 7.37 Å². The van der Waals surface area contributed by atoms with E-state index in [0.29, 0.717) is 0 Å². The molecule has 0 aliphatic rings. The molecular formula is C11H18NO2P. The van der Waals surface area contributed by atoms with Gasteiger partial charge >= 0.3 is 0 Å². The van der Waals surface area contributed by atoms with Crippen LogP contribution in [0, 0.1) is 0 Å². The van der Waals surface area contributed by atoms with E-state index in [0.717, 1.165) is 11.3 Å². The lowest BCUT2D eigenvalue weighted by molar-refractivity contribution is 0.484. The molecule has 0 saturated heterocycles. The van der Waals surface area contributed by atoms with E-state index in [1.807, 2.05) is 12.1 Å². The van der Waals surface area contributed by atoms with Gasteiger partial charge in [-0.1, -0.05) is 26.8 Å². The normalized spacial score (nSPS) is 16.1. The van der Waals surface area contributed by atoms with Crippen LogP contribution < -0.4 is 0 Å². The van der Waals surface area contributed by atoms with Crippen LogP contribution in [0.15, 0.2) is 18.3 Å². The number of rotatable bonds is 2. The lowest BCUT2D eigenvalue weighted by atomic mass is 9.91. The van der Waals surface area contributed by atoms with Crippen LogP contribution in [0.4, 0.5) is 0 Å². The zero-order valence-corrected chi connectivity index (χ0v) is 10.6. The highest BCUT2D eigenvalue weighted by Gasteiger charge is 2.16. The number of hydrogen-bond donors (Lipinski definition) is 1. The second kappa shape index (κ2) is 4.07. The molecule has 1 N–H and O–H groups in total. The van der Waals surface area contributed by atoms with Gasteiger partial charge in [0, 0.05) is 24.0 Å². The van der Waals surface area contributed by atoms with E-state index >= 15 is 0 Å². The lowest BCUT2D eigenvalue weighted by Gasteiger charge is -2.17. The second-order valence-electron chi connectivity index (χ2n) is 5.01. The monoisotopic (exact) mass is 227 g/mol. The number of aromatic nitrogens is 1. The number of pyridine rings is 1. The molecule has 1 atom stereocenters. The summed E-state index contributed by atoms with van der Waals surface area (Å²) in [5.41, 5.74) is 1.83. The molecule has 0 saturated carbocycles. The summed E-state index contributed by atoms with van der Waals surface area (Å²) in [4.78, 5) is 13.5. The minimum Gasteiger partial charge on any atom is -0.344 e. The van der Waals surface area contributed by atoms with Crippen LogP contribution in [-0.4, -0.2) is 16.5 Å². The van der Waals surface area contributed by atoms with Crippen molar-refractivity contribution in [1.82, 2.24) is 4.98 Å². The van der Waals surface area contributed by atoms with Gasteiger partial charge in [0.1, 0.15) is 0 Å². The summed E-state index contributed by atoms with van der Waals surface area (Å²) in [6.07, 6.45) is 1.89. The van der Waals surface area contributed by atoms with Crippen molar-refractivity contribution in [2.45, 2.75) is 32.3 Å². The summed E-state index contributed by atoms with van der Waals surface area (Å²) in [6, 6.07) is 3.80. The van der Waals surface area contributed by atoms with Crippen LogP contribution in [0.3, 0.4) is 0 Å². The summed E-state index contributed by atoms with van der Waals surface area (Å²) >= 11 is 0. The molecule has 4 heteroatoms. The molecule has 1 aromatic rings. The largest absolute Gasteiger partial charge is 0.344 e. The quantitative estimate of drug-likeness (QED) is 0.790. The molecule has 0 aliphatic heterocycles. The molecule has 84 valence electrons. The van der Waals surface area contributed by atoms with Gasteiger partial charge in [0.15, 0.2) is 0 Å². The predicted molar refractivity (Wildman–Crippen MR) is 62.4 cm³/mol. The first-order valence-electron chi connectivity index (χ1n) is 4.93. The molecular weight excluding hydrogens is 209 g/mol. The zero-order valence-electron chi connectivity index (χ0n) is 9.69. The van der Waals surface area contributed by atoms with Gasteiger partial charge in [0.25, 0.3) is 0 Å². The standard InChI is InChI=1S/C11H18NO2P/c1-11(2,3)10-6-5-9(7-12-10)8-15(4,13)14/h5-7H,8H2,1-4H3,(H,13,14). The van der Waals surface area contributed by atoms with E-state index in [2.05, 4.69) is 25.8 Å². The van der Waals surface area contributed by atoms with Crippen molar-refractivity contribution in [2.24, 2.45) is 0 Å².